The Morgan fingerprint density at radius 2 is 1.89 bits per heavy atom. The molecule has 0 radical (unpaired) electrons. The van der Waals surface area contributed by atoms with Crippen molar-refractivity contribution in [2.75, 3.05) is 26.3 Å². The van der Waals surface area contributed by atoms with Crippen molar-refractivity contribution >= 4 is 5.78 Å². The van der Waals surface area contributed by atoms with Gasteiger partial charge in [0.1, 0.15) is 5.78 Å². The topological polar surface area (TPSA) is 29.5 Å². The van der Waals surface area contributed by atoms with Crippen molar-refractivity contribution in [1.82, 2.24) is 4.90 Å². The van der Waals surface area contributed by atoms with Crippen molar-refractivity contribution in [3.8, 4) is 0 Å². The molecule has 0 N–H and O–H groups in total. The van der Waals surface area contributed by atoms with E-state index in [0.29, 0.717) is 6.42 Å². The first-order chi connectivity index (χ1) is 8.66. The number of Topliss-reactive ketones (excluding diaryl/α,β-unsaturated/α-hetero) is 1. The number of ether oxygens (including phenoxy) is 1. The molecule has 0 bridgehead atoms. The zero-order valence-corrected chi connectivity index (χ0v) is 11.2. The number of hydrogen-bond donors (Lipinski definition) is 0. The van der Waals surface area contributed by atoms with Crippen molar-refractivity contribution in [2.24, 2.45) is 0 Å². The number of carbonyl (C=O) groups excluding carboxylic acids is 1. The third-order valence-electron chi connectivity index (χ3n) is 3.43. The zero-order chi connectivity index (χ0) is 13.0. The van der Waals surface area contributed by atoms with E-state index in [2.05, 4.69) is 36.1 Å². The average Bonchev–Trinajstić information content (AvgIpc) is 2.38. The quantitative estimate of drug-likeness (QED) is 0.818. The average molecular weight is 247 g/mol. The van der Waals surface area contributed by atoms with E-state index in [-0.39, 0.29) is 11.8 Å². The molecule has 1 atom stereocenters. The van der Waals surface area contributed by atoms with Crippen LogP contribution in [0.25, 0.3) is 0 Å². The summed E-state index contributed by atoms with van der Waals surface area (Å²) in [6.45, 7) is 7.10. The van der Waals surface area contributed by atoms with Crippen LogP contribution in [-0.4, -0.2) is 37.0 Å². The number of nitrogens with zero attached hydrogens (tertiary/aromatic N) is 1. The lowest BCUT2D eigenvalue weighted by molar-refractivity contribution is -0.118. The molecule has 0 aliphatic carbocycles. The highest BCUT2D eigenvalue weighted by molar-refractivity contribution is 5.76. The molecule has 2 rings (SSSR count). The molecule has 0 aromatic heterocycles. The Morgan fingerprint density at radius 3 is 2.44 bits per heavy atom. The lowest BCUT2D eigenvalue weighted by Crippen LogP contribution is -2.39. The maximum absolute atomic E-state index is 11.5. The van der Waals surface area contributed by atoms with Gasteiger partial charge in [-0.1, -0.05) is 29.8 Å². The molecular formula is C15H21NO2. The van der Waals surface area contributed by atoms with Crippen LogP contribution in [0.3, 0.4) is 0 Å². The lowest BCUT2D eigenvalue weighted by Gasteiger charge is -2.34. The van der Waals surface area contributed by atoms with Crippen LogP contribution < -0.4 is 0 Å². The fourth-order valence-electron chi connectivity index (χ4n) is 2.41. The van der Waals surface area contributed by atoms with E-state index in [9.17, 15) is 4.79 Å². The van der Waals surface area contributed by atoms with Crippen LogP contribution in [0.5, 0.6) is 0 Å². The van der Waals surface area contributed by atoms with Crippen LogP contribution in [0.1, 0.15) is 30.5 Å². The molecule has 1 aliphatic rings. The summed E-state index contributed by atoms with van der Waals surface area (Å²) in [7, 11) is 0. The predicted molar refractivity (Wildman–Crippen MR) is 71.6 cm³/mol. The Balaban J connectivity index is 2.17. The Hall–Kier alpha value is -1.19. The Kier molecular flexibility index (Phi) is 4.50. The molecule has 1 heterocycles. The van der Waals surface area contributed by atoms with Crippen LogP contribution in [-0.2, 0) is 9.53 Å². The first kappa shape index (κ1) is 13.2. The van der Waals surface area contributed by atoms with Crippen molar-refractivity contribution in [3.05, 3.63) is 35.4 Å². The molecule has 3 nitrogen and oxygen atoms in total. The summed E-state index contributed by atoms with van der Waals surface area (Å²) in [4.78, 5) is 13.8. The molecular weight excluding hydrogens is 226 g/mol. The fourth-order valence-corrected chi connectivity index (χ4v) is 2.41. The third-order valence-corrected chi connectivity index (χ3v) is 3.43. The molecule has 1 fully saturated rings. The number of carbonyl (C=O) groups is 1. The van der Waals surface area contributed by atoms with Gasteiger partial charge in [0.25, 0.3) is 0 Å². The highest BCUT2D eigenvalue weighted by Gasteiger charge is 2.23. The highest BCUT2D eigenvalue weighted by Crippen LogP contribution is 2.25. The van der Waals surface area contributed by atoms with Gasteiger partial charge in [0.2, 0.25) is 0 Å². The van der Waals surface area contributed by atoms with E-state index in [1.54, 1.807) is 6.92 Å². The Labute approximate surface area is 109 Å². The smallest absolute Gasteiger partial charge is 0.131 e. The zero-order valence-electron chi connectivity index (χ0n) is 11.2. The van der Waals surface area contributed by atoms with Gasteiger partial charge in [-0.05, 0) is 19.4 Å². The molecule has 1 aromatic rings. The first-order valence-corrected chi connectivity index (χ1v) is 6.54. The normalized spacial score (nSPS) is 18.6. The van der Waals surface area contributed by atoms with E-state index < -0.39 is 0 Å². The number of hydrogen-bond acceptors (Lipinski definition) is 3. The summed E-state index contributed by atoms with van der Waals surface area (Å²) < 4.78 is 5.38. The molecule has 0 amide bonds. The molecule has 1 saturated heterocycles. The minimum absolute atomic E-state index is 0.201. The number of rotatable bonds is 4. The number of benzene rings is 1. The predicted octanol–water partition coefficient (Wildman–Crippen LogP) is 2.35. The molecule has 18 heavy (non-hydrogen) atoms. The third kappa shape index (κ3) is 3.40. The van der Waals surface area contributed by atoms with Gasteiger partial charge in [0, 0.05) is 25.6 Å². The van der Waals surface area contributed by atoms with Crippen LogP contribution in [0.15, 0.2) is 24.3 Å². The molecule has 1 aliphatic heterocycles. The van der Waals surface area contributed by atoms with Crippen LogP contribution in [0.2, 0.25) is 0 Å². The molecule has 1 aromatic carbocycles. The number of morpholine rings is 1. The minimum atomic E-state index is 0.201. The van der Waals surface area contributed by atoms with Gasteiger partial charge in [0.05, 0.1) is 13.2 Å². The highest BCUT2D eigenvalue weighted by atomic mass is 16.5. The van der Waals surface area contributed by atoms with Crippen LogP contribution in [0, 0.1) is 6.92 Å². The maximum atomic E-state index is 11.5. The van der Waals surface area contributed by atoms with Crippen LogP contribution in [0.4, 0.5) is 0 Å². The van der Waals surface area contributed by atoms with E-state index in [4.69, 9.17) is 4.74 Å². The Morgan fingerprint density at radius 1 is 1.28 bits per heavy atom. The molecule has 98 valence electrons. The van der Waals surface area contributed by atoms with Gasteiger partial charge in [0.15, 0.2) is 0 Å². The second-order valence-electron chi connectivity index (χ2n) is 4.98. The molecule has 0 spiro atoms. The summed E-state index contributed by atoms with van der Waals surface area (Å²) in [6.07, 6.45) is 0.586. The standard InChI is InChI=1S/C15H21NO2/c1-12-3-5-14(6-4-12)15(11-13(2)17)16-7-9-18-10-8-16/h3-6,15H,7-11H2,1-2H3. The monoisotopic (exact) mass is 247 g/mol. The van der Waals surface area contributed by atoms with Gasteiger partial charge in [-0.3, -0.25) is 9.69 Å². The van der Waals surface area contributed by atoms with Crippen molar-refractivity contribution < 1.29 is 9.53 Å². The SMILES string of the molecule is CC(=O)CC(c1ccc(C)cc1)N1CCOCC1. The number of aryl methyl sites for hydroxylation is 1. The van der Waals surface area contributed by atoms with Gasteiger partial charge in [-0.2, -0.15) is 0 Å². The summed E-state index contributed by atoms with van der Waals surface area (Å²) >= 11 is 0. The molecule has 1 unspecified atom stereocenters. The summed E-state index contributed by atoms with van der Waals surface area (Å²) in [5.41, 5.74) is 2.49. The van der Waals surface area contributed by atoms with Crippen molar-refractivity contribution in [3.63, 3.8) is 0 Å². The van der Waals surface area contributed by atoms with E-state index in [1.807, 2.05) is 0 Å². The van der Waals surface area contributed by atoms with Crippen molar-refractivity contribution in [2.45, 2.75) is 26.3 Å². The second-order valence-corrected chi connectivity index (χ2v) is 4.98. The van der Waals surface area contributed by atoms with Crippen molar-refractivity contribution in [1.29, 1.82) is 0 Å². The van der Waals surface area contributed by atoms with E-state index >= 15 is 0 Å². The van der Waals surface area contributed by atoms with Gasteiger partial charge in [-0.15, -0.1) is 0 Å². The van der Waals surface area contributed by atoms with E-state index in [1.165, 1.54) is 11.1 Å². The minimum Gasteiger partial charge on any atom is -0.379 e. The summed E-state index contributed by atoms with van der Waals surface area (Å²) in [6, 6.07) is 8.70. The second kappa shape index (κ2) is 6.12. The van der Waals surface area contributed by atoms with Gasteiger partial charge in [-0.25, -0.2) is 0 Å². The fraction of sp³-hybridized carbons (Fsp3) is 0.533. The molecule has 0 saturated carbocycles. The summed E-state index contributed by atoms with van der Waals surface area (Å²) in [5, 5.41) is 0. The lowest BCUT2D eigenvalue weighted by atomic mass is 9.98. The number of ketones is 1. The van der Waals surface area contributed by atoms with Crippen LogP contribution >= 0.6 is 0 Å². The van der Waals surface area contributed by atoms with Gasteiger partial charge >= 0.3 is 0 Å². The molecule has 3 heteroatoms. The Bertz CT molecular complexity index is 393. The van der Waals surface area contributed by atoms with Gasteiger partial charge < -0.3 is 4.74 Å². The first-order valence-electron chi connectivity index (χ1n) is 6.54. The van der Waals surface area contributed by atoms with E-state index in [0.717, 1.165) is 26.3 Å². The summed E-state index contributed by atoms with van der Waals surface area (Å²) in [5.74, 6) is 0.243. The largest absolute Gasteiger partial charge is 0.379 e. The maximum Gasteiger partial charge on any atom is 0.131 e.